The van der Waals surface area contributed by atoms with Gasteiger partial charge in [-0.3, -0.25) is 9.59 Å². The zero-order chi connectivity index (χ0) is 18.1. The molecule has 2 amide bonds. The molecule has 1 atom stereocenters. The van der Waals surface area contributed by atoms with E-state index >= 15 is 0 Å². The highest BCUT2D eigenvalue weighted by Gasteiger charge is 2.23. The van der Waals surface area contributed by atoms with Crippen molar-refractivity contribution in [3.05, 3.63) is 59.7 Å². The van der Waals surface area contributed by atoms with Crippen LogP contribution in [0.1, 0.15) is 18.9 Å². The van der Waals surface area contributed by atoms with E-state index in [4.69, 9.17) is 4.74 Å². The van der Waals surface area contributed by atoms with E-state index in [1.807, 2.05) is 36.4 Å². The van der Waals surface area contributed by atoms with Crippen LogP contribution in [-0.4, -0.2) is 37.0 Å². The van der Waals surface area contributed by atoms with Crippen LogP contribution in [0.2, 0.25) is 0 Å². The van der Waals surface area contributed by atoms with Crippen LogP contribution in [0.3, 0.4) is 0 Å². The van der Waals surface area contributed by atoms with E-state index in [0.29, 0.717) is 18.4 Å². The summed E-state index contributed by atoms with van der Waals surface area (Å²) in [4.78, 5) is 36.1. The van der Waals surface area contributed by atoms with E-state index in [1.54, 1.807) is 19.1 Å². The Bertz CT molecular complexity index is 680. The summed E-state index contributed by atoms with van der Waals surface area (Å²) >= 11 is 0. The van der Waals surface area contributed by atoms with E-state index < -0.39 is 17.9 Å². The molecule has 1 aromatic rings. The first-order valence-corrected chi connectivity index (χ1v) is 8.24. The summed E-state index contributed by atoms with van der Waals surface area (Å²) in [6.45, 7) is 1.75. The van der Waals surface area contributed by atoms with Crippen molar-refractivity contribution in [3.8, 4) is 0 Å². The second-order valence-electron chi connectivity index (χ2n) is 5.57. The number of carbonyl (C=O) groups is 3. The molecule has 0 unspecified atom stereocenters. The lowest BCUT2D eigenvalue weighted by Crippen LogP contribution is -2.47. The minimum Gasteiger partial charge on any atom is -0.464 e. The Hall–Kier alpha value is -2.89. The van der Waals surface area contributed by atoms with E-state index in [1.165, 1.54) is 0 Å². The maximum Gasteiger partial charge on any atom is 0.328 e. The van der Waals surface area contributed by atoms with Gasteiger partial charge in [0, 0.05) is 12.0 Å². The molecule has 25 heavy (non-hydrogen) atoms. The second kappa shape index (κ2) is 9.42. The SMILES string of the molecule is CCOC(=O)[C@H](Cc1ccccc1)NC(=O)CNC(=O)C1=CC=CC1. The molecule has 132 valence electrons. The Labute approximate surface area is 146 Å². The van der Waals surface area contributed by atoms with Gasteiger partial charge in [-0.2, -0.15) is 0 Å². The molecule has 0 aromatic heterocycles. The van der Waals surface area contributed by atoms with Crippen LogP contribution >= 0.6 is 0 Å². The Morgan fingerprint density at radius 1 is 1.20 bits per heavy atom. The normalized spacial score (nSPS) is 13.7. The van der Waals surface area contributed by atoms with E-state index in [0.717, 1.165) is 5.56 Å². The Morgan fingerprint density at radius 2 is 1.96 bits per heavy atom. The highest BCUT2D eigenvalue weighted by Crippen LogP contribution is 2.09. The van der Waals surface area contributed by atoms with Crippen molar-refractivity contribution >= 4 is 17.8 Å². The molecule has 1 aliphatic carbocycles. The van der Waals surface area contributed by atoms with Crippen molar-refractivity contribution < 1.29 is 19.1 Å². The fraction of sp³-hybridized carbons (Fsp3) is 0.316. The summed E-state index contributed by atoms with van der Waals surface area (Å²) in [7, 11) is 0. The molecule has 2 N–H and O–H groups in total. The van der Waals surface area contributed by atoms with E-state index in [-0.39, 0.29) is 19.1 Å². The lowest BCUT2D eigenvalue weighted by molar-refractivity contribution is -0.147. The third-order valence-corrected chi connectivity index (χ3v) is 3.66. The van der Waals surface area contributed by atoms with E-state index in [2.05, 4.69) is 10.6 Å². The second-order valence-corrected chi connectivity index (χ2v) is 5.57. The van der Waals surface area contributed by atoms with Gasteiger partial charge in [0.2, 0.25) is 11.8 Å². The predicted molar refractivity (Wildman–Crippen MR) is 93.6 cm³/mol. The lowest BCUT2D eigenvalue weighted by Gasteiger charge is -2.17. The van der Waals surface area contributed by atoms with Crippen molar-refractivity contribution in [2.75, 3.05) is 13.2 Å². The molecule has 2 rings (SSSR count). The fourth-order valence-corrected chi connectivity index (χ4v) is 2.42. The number of carbonyl (C=O) groups excluding carboxylic acids is 3. The van der Waals surface area contributed by atoms with Crippen LogP contribution in [0.4, 0.5) is 0 Å². The average Bonchev–Trinajstić information content (AvgIpc) is 3.15. The lowest BCUT2D eigenvalue weighted by atomic mass is 10.1. The summed E-state index contributed by atoms with van der Waals surface area (Å²) in [5, 5.41) is 5.19. The molecule has 0 heterocycles. The van der Waals surface area contributed by atoms with Gasteiger partial charge in [0.1, 0.15) is 6.04 Å². The summed E-state index contributed by atoms with van der Waals surface area (Å²) in [6.07, 6.45) is 6.27. The van der Waals surface area contributed by atoms with Crippen molar-refractivity contribution in [1.29, 1.82) is 0 Å². The number of allylic oxidation sites excluding steroid dienone is 3. The van der Waals surface area contributed by atoms with Gasteiger partial charge in [-0.15, -0.1) is 0 Å². The van der Waals surface area contributed by atoms with Gasteiger partial charge in [-0.25, -0.2) is 4.79 Å². The molecular weight excluding hydrogens is 320 g/mol. The molecule has 6 nitrogen and oxygen atoms in total. The number of amides is 2. The molecule has 0 spiro atoms. The summed E-state index contributed by atoms with van der Waals surface area (Å²) in [5.74, 6) is -1.21. The molecule has 0 saturated carbocycles. The molecule has 0 aliphatic heterocycles. The number of esters is 1. The summed E-state index contributed by atoms with van der Waals surface area (Å²) in [6, 6.07) is 8.56. The largest absolute Gasteiger partial charge is 0.464 e. The average molecular weight is 342 g/mol. The number of ether oxygens (including phenoxy) is 1. The quantitative estimate of drug-likeness (QED) is 0.697. The zero-order valence-electron chi connectivity index (χ0n) is 14.2. The molecule has 1 aromatic carbocycles. The van der Waals surface area contributed by atoms with Crippen LogP contribution in [-0.2, 0) is 25.5 Å². The van der Waals surface area contributed by atoms with Crippen LogP contribution in [0.25, 0.3) is 0 Å². The third-order valence-electron chi connectivity index (χ3n) is 3.66. The molecule has 0 radical (unpaired) electrons. The number of rotatable bonds is 8. The Morgan fingerprint density at radius 3 is 2.60 bits per heavy atom. The van der Waals surface area contributed by atoms with Crippen molar-refractivity contribution in [3.63, 3.8) is 0 Å². The van der Waals surface area contributed by atoms with Crippen molar-refractivity contribution in [1.82, 2.24) is 10.6 Å². The number of benzene rings is 1. The topological polar surface area (TPSA) is 84.5 Å². The maximum atomic E-state index is 12.1. The standard InChI is InChI=1S/C19H22N2O4/c1-2-25-19(24)16(12-14-8-4-3-5-9-14)21-17(22)13-20-18(23)15-10-6-7-11-15/h3-10,16H,2,11-13H2,1H3,(H,20,23)(H,21,22)/t16-/m0/s1. The van der Waals surface area contributed by atoms with Crippen LogP contribution in [0, 0.1) is 0 Å². The van der Waals surface area contributed by atoms with Gasteiger partial charge >= 0.3 is 5.97 Å². The number of hydrogen-bond acceptors (Lipinski definition) is 4. The monoisotopic (exact) mass is 342 g/mol. The summed E-state index contributed by atoms with van der Waals surface area (Å²) in [5.41, 5.74) is 1.52. The van der Waals surface area contributed by atoms with Gasteiger partial charge in [-0.05, 0) is 18.9 Å². The fourth-order valence-electron chi connectivity index (χ4n) is 2.42. The van der Waals surface area contributed by atoms with Crippen molar-refractivity contribution in [2.45, 2.75) is 25.8 Å². The zero-order valence-corrected chi connectivity index (χ0v) is 14.2. The molecule has 0 fully saturated rings. The van der Waals surface area contributed by atoms with Gasteiger partial charge in [0.05, 0.1) is 13.2 Å². The minimum atomic E-state index is -0.792. The predicted octanol–water partition coefficient (Wildman–Crippen LogP) is 1.28. The molecule has 6 heteroatoms. The molecular formula is C19H22N2O4. The first-order chi connectivity index (χ1) is 12.1. The smallest absolute Gasteiger partial charge is 0.328 e. The van der Waals surface area contributed by atoms with Gasteiger partial charge in [0.25, 0.3) is 0 Å². The van der Waals surface area contributed by atoms with Gasteiger partial charge < -0.3 is 15.4 Å². The van der Waals surface area contributed by atoms with E-state index in [9.17, 15) is 14.4 Å². The Kier molecular flexibility index (Phi) is 6.95. The number of nitrogens with one attached hydrogen (secondary N) is 2. The molecule has 1 aliphatic rings. The van der Waals surface area contributed by atoms with Crippen molar-refractivity contribution in [2.24, 2.45) is 0 Å². The minimum absolute atomic E-state index is 0.194. The first-order valence-electron chi connectivity index (χ1n) is 8.24. The van der Waals surface area contributed by atoms with Gasteiger partial charge in [-0.1, -0.05) is 48.6 Å². The first kappa shape index (κ1) is 18.4. The van der Waals surface area contributed by atoms with Crippen LogP contribution in [0.15, 0.2) is 54.1 Å². The highest BCUT2D eigenvalue weighted by molar-refractivity contribution is 5.97. The number of hydrogen-bond donors (Lipinski definition) is 2. The molecule has 0 saturated heterocycles. The molecule has 0 bridgehead atoms. The van der Waals surface area contributed by atoms with Crippen LogP contribution in [0.5, 0.6) is 0 Å². The van der Waals surface area contributed by atoms with Crippen LogP contribution < -0.4 is 10.6 Å². The Balaban J connectivity index is 1.89. The van der Waals surface area contributed by atoms with Gasteiger partial charge in [0.15, 0.2) is 0 Å². The summed E-state index contributed by atoms with van der Waals surface area (Å²) < 4.78 is 5.03. The maximum absolute atomic E-state index is 12.1. The highest BCUT2D eigenvalue weighted by atomic mass is 16.5. The third kappa shape index (κ3) is 5.91.